The van der Waals surface area contributed by atoms with Gasteiger partial charge in [0, 0.05) is 0 Å². The van der Waals surface area contributed by atoms with Gasteiger partial charge in [0.2, 0.25) is 0 Å². The molecule has 25 heavy (non-hydrogen) atoms. The molecule has 0 aromatic heterocycles. The molecule has 0 spiro atoms. The molecule has 0 aliphatic rings. The second kappa shape index (κ2) is 9.51. The number of amides is 1. The second-order valence-electron chi connectivity index (χ2n) is 4.80. The van der Waals surface area contributed by atoms with Gasteiger partial charge >= 0.3 is 0 Å². The predicted molar refractivity (Wildman–Crippen MR) is 101 cm³/mol. The standard InChI is InChI=1S/C17H15Cl3N2O3/c1-2-24-12-5-3-11(4-6-12)9-21-25-10-17(23)22-16-8-14(19)13(18)7-15(16)20/h3-9H,2,10H2,1H3,(H,22,23)/b21-9-. The summed E-state index contributed by atoms with van der Waals surface area (Å²) in [5, 5.41) is 7.19. The Balaban J connectivity index is 1.83. The van der Waals surface area contributed by atoms with Crippen molar-refractivity contribution >= 4 is 52.6 Å². The first-order valence-corrected chi connectivity index (χ1v) is 8.45. The van der Waals surface area contributed by atoms with Gasteiger partial charge in [0.1, 0.15) is 5.75 Å². The fourth-order valence-electron chi connectivity index (χ4n) is 1.82. The molecule has 0 atom stereocenters. The number of hydrogen-bond donors (Lipinski definition) is 1. The van der Waals surface area contributed by atoms with Crippen molar-refractivity contribution in [3.8, 4) is 5.75 Å². The normalized spacial score (nSPS) is 10.7. The Bertz CT molecular complexity index is 764. The van der Waals surface area contributed by atoms with Crippen LogP contribution in [0.4, 0.5) is 5.69 Å². The highest BCUT2D eigenvalue weighted by molar-refractivity contribution is 6.44. The molecule has 1 amide bonds. The maximum Gasteiger partial charge on any atom is 0.265 e. The monoisotopic (exact) mass is 400 g/mol. The molecule has 0 aliphatic carbocycles. The third-order valence-corrected chi connectivity index (χ3v) is 3.98. The van der Waals surface area contributed by atoms with Crippen molar-refractivity contribution < 1.29 is 14.4 Å². The molecule has 0 saturated heterocycles. The molecule has 5 nitrogen and oxygen atoms in total. The predicted octanol–water partition coefficient (Wildman–Crippen LogP) is 5.03. The lowest BCUT2D eigenvalue weighted by molar-refractivity contribution is -0.120. The van der Waals surface area contributed by atoms with E-state index in [1.54, 1.807) is 0 Å². The van der Waals surface area contributed by atoms with E-state index in [0.717, 1.165) is 11.3 Å². The van der Waals surface area contributed by atoms with Crippen LogP contribution >= 0.6 is 34.8 Å². The van der Waals surface area contributed by atoms with E-state index in [1.165, 1.54) is 18.3 Å². The summed E-state index contributed by atoms with van der Waals surface area (Å²) in [5.41, 5.74) is 1.16. The lowest BCUT2D eigenvalue weighted by atomic mass is 10.2. The molecule has 0 radical (unpaired) electrons. The average Bonchev–Trinajstić information content (AvgIpc) is 2.58. The van der Waals surface area contributed by atoms with Gasteiger partial charge in [-0.05, 0) is 48.9 Å². The van der Waals surface area contributed by atoms with Crippen molar-refractivity contribution in [1.82, 2.24) is 0 Å². The lowest BCUT2D eigenvalue weighted by Gasteiger charge is -2.08. The van der Waals surface area contributed by atoms with Crippen molar-refractivity contribution in [3.63, 3.8) is 0 Å². The Kier molecular flexibility index (Phi) is 7.37. The smallest absolute Gasteiger partial charge is 0.265 e. The summed E-state index contributed by atoms with van der Waals surface area (Å²) >= 11 is 17.7. The van der Waals surface area contributed by atoms with Crippen molar-refractivity contribution in [3.05, 3.63) is 57.0 Å². The van der Waals surface area contributed by atoms with Crippen LogP contribution in [-0.4, -0.2) is 25.3 Å². The zero-order valence-corrected chi connectivity index (χ0v) is 15.5. The minimum Gasteiger partial charge on any atom is -0.494 e. The topological polar surface area (TPSA) is 59.9 Å². The van der Waals surface area contributed by atoms with Gasteiger partial charge in [-0.15, -0.1) is 0 Å². The summed E-state index contributed by atoms with van der Waals surface area (Å²) in [7, 11) is 0. The van der Waals surface area contributed by atoms with Crippen LogP contribution in [0.25, 0.3) is 0 Å². The highest BCUT2D eigenvalue weighted by Gasteiger charge is 2.09. The molecule has 0 aliphatic heterocycles. The molecule has 8 heteroatoms. The first-order chi connectivity index (χ1) is 12.0. The summed E-state index contributed by atoms with van der Waals surface area (Å²) in [6.45, 7) is 2.25. The molecule has 0 heterocycles. The van der Waals surface area contributed by atoms with Crippen molar-refractivity contribution in [2.24, 2.45) is 5.16 Å². The summed E-state index contributed by atoms with van der Waals surface area (Å²) in [6.07, 6.45) is 1.50. The molecule has 0 saturated carbocycles. The van der Waals surface area contributed by atoms with Crippen LogP contribution in [0.15, 0.2) is 41.6 Å². The van der Waals surface area contributed by atoms with E-state index in [2.05, 4.69) is 10.5 Å². The largest absolute Gasteiger partial charge is 0.494 e. The van der Waals surface area contributed by atoms with Gasteiger partial charge in [0.05, 0.1) is 33.6 Å². The molecule has 0 fully saturated rings. The first-order valence-electron chi connectivity index (χ1n) is 7.32. The molecular formula is C17H15Cl3N2O3. The maximum atomic E-state index is 11.8. The van der Waals surface area contributed by atoms with Crippen molar-refractivity contribution in [2.75, 3.05) is 18.5 Å². The minimum atomic E-state index is -0.427. The van der Waals surface area contributed by atoms with E-state index in [-0.39, 0.29) is 16.7 Å². The van der Waals surface area contributed by atoms with Gasteiger partial charge in [-0.1, -0.05) is 40.0 Å². The minimum absolute atomic E-state index is 0.274. The van der Waals surface area contributed by atoms with E-state index < -0.39 is 5.91 Å². The van der Waals surface area contributed by atoms with Gasteiger partial charge in [0.25, 0.3) is 5.91 Å². The van der Waals surface area contributed by atoms with E-state index in [1.807, 2.05) is 31.2 Å². The van der Waals surface area contributed by atoms with Crippen LogP contribution in [0.2, 0.25) is 15.1 Å². The van der Waals surface area contributed by atoms with Crippen LogP contribution in [0, 0.1) is 0 Å². The van der Waals surface area contributed by atoms with Gasteiger partial charge in [0.15, 0.2) is 6.61 Å². The quantitative estimate of drug-likeness (QED) is 0.402. The summed E-state index contributed by atoms with van der Waals surface area (Å²) < 4.78 is 5.34. The second-order valence-corrected chi connectivity index (χ2v) is 6.03. The fourth-order valence-corrected chi connectivity index (χ4v) is 2.41. The number of nitrogens with zero attached hydrogens (tertiary/aromatic N) is 1. The van der Waals surface area contributed by atoms with Gasteiger partial charge in [-0.2, -0.15) is 0 Å². The number of benzene rings is 2. The SMILES string of the molecule is CCOc1ccc(/C=N\OCC(=O)Nc2cc(Cl)c(Cl)cc2Cl)cc1. The Labute approximate surface area is 160 Å². The van der Waals surface area contributed by atoms with E-state index in [0.29, 0.717) is 17.3 Å². The van der Waals surface area contributed by atoms with Gasteiger partial charge in [-0.3, -0.25) is 4.79 Å². The summed E-state index contributed by atoms with van der Waals surface area (Å²) in [5.74, 6) is 0.350. The number of anilines is 1. The number of nitrogens with one attached hydrogen (secondary N) is 1. The number of carbonyl (C=O) groups excluding carboxylic acids is 1. The highest BCUT2D eigenvalue weighted by Crippen LogP contribution is 2.32. The highest BCUT2D eigenvalue weighted by atomic mass is 35.5. The molecule has 2 aromatic carbocycles. The van der Waals surface area contributed by atoms with Crippen LogP contribution in [0.5, 0.6) is 5.75 Å². The number of ether oxygens (including phenoxy) is 1. The first kappa shape index (κ1) is 19.4. The Hall–Kier alpha value is -1.95. The Morgan fingerprint density at radius 2 is 1.80 bits per heavy atom. The van der Waals surface area contributed by atoms with E-state index in [4.69, 9.17) is 44.4 Å². The number of hydrogen-bond acceptors (Lipinski definition) is 4. The number of halogens is 3. The van der Waals surface area contributed by atoms with Gasteiger partial charge < -0.3 is 14.9 Å². The third-order valence-electron chi connectivity index (χ3n) is 2.95. The molecule has 0 unspecified atom stereocenters. The molecule has 0 bridgehead atoms. The van der Waals surface area contributed by atoms with Crippen LogP contribution in [0.1, 0.15) is 12.5 Å². The van der Waals surface area contributed by atoms with E-state index in [9.17, 15) is 4.79 Å². The summed E-state index contributed by atoms with van der Waals surface area (Å²) in [6, 6.07) is 10.2. The van der Waals surface area contributed by atoms with Crippen LogP contribution < -0.4 is 10.1 Å². The summed E-state index contributed by atoms with van der Waals surface area (Å²) in [4.78, 5) is 16.8. The van der Waals surface area contributed by atoms with Crippen LogP contribution in [0.3, 0.4) is 0 Å². The van der Waals surface area contributed by atoms with E-state index >= 15 is 0 Å². The number of rotatable bonds is 7. The molecule has 132 valence electrons. The van der Waals surface area contributed by atoms with Gasteiger partial charge in [-0.25, -0.2) is 0 Å². The van der Waals surface area contributed by atoms with Crippen molar-refractivity contribution in [1.29, 1.82) is 0 Å². The van der Waals surface area contributed by atoms with Crippen molar-refractivity contribution in [2.45, 2.75) is 6.92 Å². The Morgan fingerprint density at radius 3 is 2.48 bits per heavy atom. The molecule has 2 rings (SSSR count). The zero-order valence-electron chi connectivity index (χ0n) is 13.3. The Morgan fingerprint density at radius 1 is 1.12 bits per heavy atom. The van der Waals surface area contributed by atoms with Crippen LogP contribution in [-0.2, 0) is 9.63 Å². The third kappa shape index (κ3) is 6.12. The lowest BCUT2D eigenvalue weighted by Crippen LogP contribution is -2.17. The molecule has 2 aromatic rings. The number of carbonyl (C=O) groups is 1. The molecular weight excluding hydrogens is 387 g/mol. The maximum absolute atomic E-state index is 11.8. The molecule has 1 N–H and O–H groups in total. The zero-order chi connectivity index (χ0) is 18.2. The number of oxime groups is 1. The average molecular weight is 402 g/mol. The fraction of sp³-hybridized carbons (Fsp3) is 0.176.